The number of likely N-dealkylation sites (tertiary alicyclic amines) is 1. The number of benzene rings is 1. The number of rotatable bonds is 7. The number of carbonyl (C=O) groups is 2. The van der Waals surface area contributed by atoms with E-state index in [2.05, 4.69) is 5.32 Å². The topological polar surface area (TPSA) is 86.8 Å². The molecule has 1 aliphatic rings. The zero-order valence-electron chi connectivity index (χ0n) is 17.2. The summed E-state index contributed by atoms with van der Waals surface area (Å²) >= 11 is 1.40. The van der Waals surface area contributed by atoms with Gasteiger partial charge < -0.3 is 10.2 Å². The number of anilines is 1. The van der Waals surface area contributed by atoms with E-state index in [1.807, 2.05) is 11.4 Å². The summed E-state index contributed by atoms with van der Waals surface area (Å²) in [7, 11) is -3.53. The number of nitrogens with one attached hydrogen (secondary N) is 1. The van der Waals surface area contributed by atoms with Gasteiger partial charge in [0.25, 0.3) is 5.91 Å². The molecular formula is C21H27N3O4S2. The Morgan fingerprint density at radius 1 is 1.17 bits per heavy atom. The average molecular weight is 450 g/mol. The minimum absolute atomic E-state index is 0.0338. The van der Waals surface area contributed by atoms with Crippen LogP contribution in [0.1, 0.15) is 36.4 Å². The Labute approximate surface area is 181 Å². The number of hydrogen-bond acceptors (Lipinski definition) is 5. The van der Waals surface area contributed by atoms with Gasteiger partial charge in [0.2, 0.25) is 15.9 Å². The van der Waals surface area contributed by atoms with Gasteiger partial charge in [-0.05, 0) is 48.6 Å². The largest absolute Gasteiger partial charge is 0.337 e. The zero-order valence-corrected chi connectivity index (χ0v) is 18.8. The van der Waals surface area contributed by atoms with Crippen LogP contribution in [0.15, 0.2) is 46.7 Å². The van der Waals surface area contributed by atoms with Gasteiger partial charge in [-0.3, -0.25) is 9.59 Å². The molecule has 1 saturated heterocycles. The van der Waals surface area contributed by atoms with E-state index in [1.54, 1.807) is 36.9 Å². The second-order valence-electron chi connectivity index (χ2n) is 7.17. The van der Waals surface area contributed by atoms with Gasteiger partial charge in [0, 0.05) is 31.9 Å². The zero-order chi connectivity index (χ0) is 21.7. The minimum atomic E-state index is -3.53. The highest BCUT2D eigenvalue weighted by molar-refractivity contribution is 7.89. The Kier molecular flexibility index (Phi) is 7.27. The van der Waals surface area contributed by atoms with Gasteiger partial charge in [-0.1, -0.05) is 19.9 Å². The molecule has 1 aromatic heterocycles. The molecule has 2 aromatic rings. The molecule has 7 nitrogen and oxygen atoms in total. The SMILES string of the molecule is CCN(CC)S(=O)(=O)c1ccc(NC(=O)C2CCCN(C(=O)c3cccs3)C2)cc1. The maximum absolute atomic E-state index is 12.7. The van der Waals surface area contributed by atoms with Crippen molar-refractivity contribution in [3.63, 3.8) is 0 Å². The van der Waals surface area contributed by atoms with E-state index in [-0.39, 0.29) is 22.6 Å². The molecule has 0 saturated carbocycles. The summed E-state index contributed by atoms with van der Waals surface area (Å²) in [5.74, 6) is -0.478. The van der Waals surface area contributed by atoms with E-state index >= 15 is 0 Å². The standard InChI is InChI=1S/C21H27N3O4S2/c1-3-24(4-2)30(27,28)18-11-9-17(10-12-18)22-20(25)16-7-5-13-23(15-16)21(26)19-8-6-14-29-19/h6,8-12,14,16H,3-5,7,13,15H2,1-2H3,(H,22,25). The molecule has 0 spiro atoms. The van der Waals surface area contributed by atoms with E-state index < -0.39 is 10.0 Å². The molecule has 1 atom stereocenters. The molecular weight excluding hydrogens is 422 g/mol. The molecule has 0 aliphatic carbocycles. The van der Waals surface area contributed by atoms with Crippen LogP contribution in [-0.4, -0.2) is 55.6 Å². The Balaban J connectivity index is 1.63. The van der Waals surface area contributed by atoms with Crippen molar-refractivity contribution in [1.29, 1.82) is 0 Å². The average Bonchev–Trinajstić information content (AvgIpc) is 3.29. The Bertz CT molecular complexity index is 968. The minimum Gasteiger partial charge on any atom is -0.337 e. The molecule has 1 unspecified atom stereocenters. The van der Waals surface area contributed by atoms with Gasteiger partial charge in [0.15, 0.2) is 0 Å². The normalized spacial score (nSPS) is 17.2. The third-order valence-electron chi connectivity index (χ3n) is 5.28. The van der Waals surface area contributed by atoms with E-state index in [0.717, 1.165) is 6.42 Å². The number of amides is 2. The van der Waals surface area contributed by atoms with Crippen molar-refractivity contribution in [2.24, 2.45) is 5.92 Å². The van der Waals surface area contributed by atoms with Crippen molar-refractivity contribution in [3.8, 4) is 0 Å². The van der Waals surface area contributed by atoms with Gasteiger partial charge >= 0.3 is 0 Å². The molecule has 3 rings (SSSR count). The third-order valence-corrected chi connectivity index (χ3v) is 8.20. The number of sulfonamides is 1. The van der Waals surface area contributed by atoms with Gasteiger partial charge in [-0.2, -0.15) is 4.31 Å². The Morgan fingerprint density at radius 2 is 1.87 bits per heavy atom. The van der Waals surface area contributed by atoms with Gasteiger partial charge in [0.1, 0.15) is 0 Å². The molecule has 9 heteroatoms. The lowest BCUT2D eigenvalue weighted by molar-refractivity contribution is -0.121. The summed E-state index contributed by atoms with van der Waals surface area (Å²) in [6.07, 6.45) is 1.49. The fourth-order valence-electron chi connectivity index (χ4n) is 3.60. The highest BCUT2D eigenvalue weighted by Gasteiger charge is 2.29. The number of thiophene rings is 1. The number of hydrogen-bond donors (Lipinski definition) is 1. The second-order valence-corrected chi connectivity index (χ2v) is 10.1. The van der Waals surface area contributed by atoms with Crippen LogP contribution >= 0.6 is 11.3 Å². The first-order valence-electron chi connectivity index (χ1n) is 10.1. The molecule has 2 amide bonds. The summed E-state index contributed by atoms with van der Waals surface area (Å²) in [5.41, 5.74) is 0.542. The predicted octanol–water partition coefficient (Wildman–Crippen LogP) is 3.27. The highest BCUT2D eigenvalue weighted by atomic mass is 32.2. The van der Waals surface area contributed by atoms with Crippen LogP contribution in [0.25, 0.3) is 0 Å². The van der Waals surface area contributed by atoms with Crippen molar-refractivity contribution in [3.05, 3.63) is 46.7 Å². The molecule has 162 valence electrons. The molecule has 1 aliphatic heterocycles. The summed E-state index contributed by atoms with van der Waals surface area (Å²) in [6, 6.07) is 9.87. The van der Waals surface area contributed by atoms with E-state index in [1.165, 1.54) is 27.8 Å². The molecule has 1 aromatic carbocycles. The number of piperidine rings is 1. The first-order valence-corrected chi connectivity index (χ1v) is 12.4. The first kappa shape index (κ1) is 22.5. The predicted molar refractivity (Wildman–Crippen MR) is 118 cm³/mol. The molecule has 0 radical (unpaired) electrons. The molecule has 1 N–H and O–H groups in total. The smallest absolute Gasteiger partial charge is 0.263 e. The number of carbonyl (C=O) groups excluding carboxylic acids is 2. The summed E-state index contributed by atoms with van der Waals surface area (Å²) in [5, 5.41) is 4.73. The summed E-state index contributed by atoms with van der Waals surface area (Å²) < 4.78 is 26.5. The van der Waals surface area contributed by atoms with Crippen LogP contribution in [0, 0.1) is 5.92 Å². The molecule has 0 bridgehead atoms. The summed E-state index contributed by atoms with van der Waals surface area (Å²) in [6.45, 7) is 5.44. The van der Waals surface area contributed by atoms with Gasteiger partial charge in [-0.15, -0.1) is 11.3 Å². The van der Waals surface area contributed by atoms with Crippen LogP contribution in [-0.2, 0) is 14.8 Å². The van der Waals surface area contributed by atoms with Crippen molar-refractivity contribution in [1.82, 2.24) is 9.21 Å². The van der Waals surface area contributed by atoms with E-state index in [9.17, 15) is 18.0 Å². The molecule has 30 heavy (non-hydrogen) atoms. The van der Waals surface area contributed by atoms with Crippen LogP contribution in [0.4, 0.5) is 5.69 Å². The Morgan fingerprint density at radius 3 is 2.47 bits per heavy atom. The lowest BCUT2D eigenvalue weighted by atomic mass is 9.97. The maximum Gasteiger partial charge on any atom is 0.263 e. The van der Waals surface area contributed by atoms with Gasteiger partial charge in [-0.25, -0.2) is 8.42 Å². The van der Waals surface area contributed by atoms with Crippen LogP contribution in [0.5, 0.6) is 0 Å². The lowest BCUT2D eigenvalue weighted by Gasteiger charge is -2.31. The van der Waals surface area contributed by atoms with Crippen molar-refractivity contribution in [2.75, 3.05) is 31.5 Å². The Hall–Kier alpha value is -2.23. The third kappa shape index (κ3) is 4.91. The molecule has 2 heterocycles. The highest BCUT2D eigenvalue weighted by Crippen LogP contribution is 2.23. The van der Waals surface area contributed by atoms with E-state index in [4.69, 9.17) is 0 Å². The fourth-order valence-corrected chi connectivity index (χ4v) is 5.75. The quantitative estimate of drug-likeness (QED) is 0.703. The first-order chi connectivity index (χ1) is 14.4. The fraction of sp³-hybridized carbons (Fsp3) is 0.429. The van der Waals surface area contributed by atoms with Crippen LogP contribution in [0.3, 0.4) is 0 Å². The van der Waals surface area contributed by atoms with Crippen molar-refractivity contribution >= 4 is 38.9 Å². The van der Waals surface area contributed by atoms with Crippen LogP contribution in [0.2, 0.25) is 0 Å². The monoisotopic (exact) mass is 449 g/mol. The van der Waals surface area contributed by atoms with Gasteiger partial charge in [0.05, 0.1) is 15.7 Å². The molecule has 1 fully saturated rings. The maximum atomic E-state index is 12.7. The lowest BCUT2D eigenvalue weighted by Crippen LogP contribution is -2.43. The van der Waals surface area contributed by atoms with E-state index in [0.29, 0.717) is 43.2 Å². The second kappa shape index (κ2) is 9.72. The van der Waals surface area contributed by atoms with Crippen molar-refractivity contribution in [2.45, 2.75) is 31.6 Å². The van der Waals surface area contributed by atoms with Crippen LogP contribution < -0.4 is 5.32 Å². The number of nitrogens with zero attached hydrogens (tertiary/aromatic N) is 2. The van der Waals surface area contributed by atoms with Crippen molar-refractivity contribution < 1.29 is 18.0 Å². The summed E-state index contributed by atoms with van der Waals surface area (Å²) in [4.78, 5) is 27.9.